The molecular formula is C14H13N3O3S2. The summed E-state index contributed by atoms with van der Waals surface area (Å²) in [6, 6.07) is 10.7. The van der Waals surface area contributed by atoms with E-state index in [2.05, 4.69) is 15.5 Å². The second kappa shape index (κ2) is 5.90. The Morgan fingerprint density at radius 3 is 2.59 bits per heavy atom. The van der Waals surface area contributed by atoms with E-state index in [1.165, 1.54) is 18.4 Å². The summed E-state index contributed by atoms with van der Waals surface area (Å²) < 4.78 is 28.4. The fourth-order valence-electron chi connectivity index (χ4n) is 1.83. The lowest BCUT2D eigenvalue weighted by molar-refractivity contribution is 0.581. The number of nitrogens with one attached hydrogen (secondary N) is 1. The van der Waals surface area contributed by atoms with Crippen molar-refractivity contribution >= 4 is 27.2 Å². The van der Waals surface area contributed by atoms with Crippen molar-refractivity contribution < 1.29 is 12.8 Å². The Morgan fingerprint density at radius 2 is 1.95 bits per heavy atom. The maximum absolute atomic E-state index is 11.4. The van der Waals surface area contributed by atoms with Gasteiger partial charge >= 0.3 is 6.01 Å². The van der Waals surface area contributed by atoms with Gasteiger partial charge in [0.25, 0.3) is 0 Å². The molecule has 1 aromatic carbocycles. The minimum atomic E-state index is -3.21. The zero-order chi connectivity index (χ0) is 15.6. The van der Waals surface area contributed by atoms with Crippen molar-refractivity contribution in [1.82, 2.24) is 10.2 Å². The van der Waals surface area contributed by atoms with Gasteiger partial charge in [-0.2, -0.15) is 0 Å². The lowest BCUT2D eigenvalue weighted by Crippen LogP contribution is -1.97. The first-order chi connectivity index (χ1) is 10.5. The number of nitrogens with zero attached hydrogens (tertiary/aromatic N) is 2. The maximum atomic E-state index is 11.4. The minimum Gasteiger partial charge on any atom is -0.403 e. The molecule has 114 valence electrons. The van der Waals surface area contributed by atoms with E-state index in [9.17, 15) is 8.42 Å². The molecule has 0 unspecified atom stereocenters. The lowest BCUT2D eigenvalue weighted by atomic mass is 10.2. The van der Waals surface area contributed by atoms with Gasteiger partial charge in [0.15, 0.2) is 9.84 Å². The molecule has 0 fully saturated rings. The highest BCUT2D eigenvalue weighted by molar-refractivity contribution is 7.90. The van der Waals surface area contributed by atoms with Crippen molar-refractivity contribution in [3.05, 3.63) is 46.7 Å². The van der Waals surface area contributed by atoms with Crippen molar-refractivity contribution in [2.45, 2.75) is 11.4 Å². The molecule has 0 aliphatic carbocycles. The molecule has 0 radical (unpaired) electrons. The van der Waals surface area contributed by atoms with Gasteiger partial charge in [0.1, 0.15) is 0 Å². The molecule has 6 nitrogen and oxygen atoms in total. The van der Waals surface area contributed by atoms with Gasteiger partial charge in [0.05, 0.1) is 11.4 Å². The SMILES string of the molecule is CS(=O)(=O)c1ccc(-c2nnc(NCc3cccs3)o2)cc1. The molecule has 0 saturated carbocycles. The van der Waals surface area contributed by atoms with Gasteiger partial charge in [0.2, 0.25) is 5.89 Å². The normalized spacial score (nSPS) is 11.5. The van der Waals surface area contributed by atoms with E-state index < -0.39 is 9.84 Å². The number of rotatable bonds is 5. The first-order valence-corrected chi connectivity index (χ1v) is 9.20. The third-order valence-corrected chi connectivity index (χ3v) is 4.95. The summed E-state index contributed by atoms with van der Waals surface area (Å²) in [6.07, 6.45) is 1.17. The predicted molar refractivity (Wildman–Crippen MR) is 84.5 cm³/mol. The number of benzene rings is 1. The second-order valence-corrected chi connectivity index (χ2v) is 7.69. The molecule has 0 spiro atoms. The summed E-state index contributed by atoms with van der Waals surface area (Å²) in [6.45, 7) is 0.617. The van der Waals surface area contributed by atoms with E-state index in [4.69, 9.17) is 4.42 Å². The van der Waals surface area contributed by atoms with Crippen LogP contribution in [0.3, 0.4) is 0 Å². The standard InChI is InChI=1S/C14H13N3O3S2/c1-22(18,19)12-6-4-10(5-7-12)13-16-17-14(20-13)15-9-11-3-2-8-21-11/h2-8H,9H2,1H3,(H,15,17). The lowest BCUT2D eigenvalue weighted by Gasteiger charge is -1.99. The van der Waals surface area contributed by atoms with Crippen molar-refractivity contribution in [3.63, 3.8) is 0 Å². The second-order valence-electron chi connectivity index (χ2n) is 4.64. The van der Waals surface area contributed by atoms with Gasteiger partial charge < -0.3 is 9.73 Å². The number of hydrogen-bond acceptors (Lipinski definition) is 7. The van der Waals surface area contributed by atoms with E-state index in [0.717, 1.165) is 4.88 Å². The summed E-state index contributed by atoms with van der Waals surface area (Å²) in [5.41, 5.74) is 0.670. The molecule has 0 aliphatic heterocycles. The highest BCUT2D eigenvalue weighted by atomic mass is 32.2. The Hall–Kier alpha value is -2.19. The molecule has 0 bridgehead atoms. The molecule has 2 heterocycles. The van der Waals surface area contributed by atoms with Crippen LogP contribution in [0.15, 0.2) is 51.1 Å². The fourth-order valence-corrected chi connectivity index (χ4v) is 3.11. The topological polar surface area (TPSA) is 85.1 Å². The van der Waals surface area contributed by atoms with E-state index in [1.807, 2.05) is 17.5 Å². The van der Waals surface area contributed by atoms with Gasteiger partial charge in [-0.15, -0.1) is 16.4 Å². The van der Waals surface area contributed by atoms with Crippen molar-refractivity contribution in [3.8, 4) is 11.5 Å². The van der Waals surface area contributed by atoms with Gasteiger partial charge in [-0.05, 0) is 35.7 Å². The largest absolute Gasteiger partial charge is 0.403 e. The van der Waals surface area contributed by atoms with Crippen LogP contribution in [0.1, 0.15) is 4.88 Å². The summed E-state index contributed by atoms with van der Waals surface area (Å²) in [7, 11) is -3.21. The average Bonchev–Trinajstić information content (AvgIpc) is 3.16. The third kappa shape index (κ3) is 3.34. The zero-order valence-electron chi connectivity index (χ0n) is 11.7. The van der Waals surface area contributed by atoms with E-state index in [1.54, 1.807) is 23.5 Å². The van der Waals surface area contributed by atoms with Crippen LogP contribution in [0.25, 0.3) is 11.5 Å². The van der Waals surface area contributed by atoms with E-state index >= 15 is 0 Å². The van der Waals surface area contributed by atoms with Gasteiger partial charge in [0, 0.05) is 16.7 Å². The maximum Gasteiger partial charge on any atom is 0.316 e. The highest BCUT2D eigenvalue weighted by Crippen LogP contribution is 2.22. The molecule has 2 aromatic heterocycles. The van der Waals surface area contributed by atoms with Crippen molar-refractivity contribution in [2.75, 3.05) is 11.6 Å². The van der Waals surface area contributed by atoms with E-state index in [-0.39, 0.29) is 4.90 Å². The average molecular weight is 335 g/mol. The van der Waals surface area contributed by atoms with Crippen LogP contribution in [-0.4, -0.2) is 24.9 Å². The Morgan fingerprint density at radius 1 is 1.18 bits per heavy atom. The Labute approximate surface area is 131 Å². The summed E-state index contributed by atoms with van der Waals surface area (Å²) >= 11 is 1.64. The van der Waals surface area contributed by atoms with E-state index in [0.29, 0.717) is 24.0 Å². The molecule has 3 rings (SSSR count). The minimum absolute atomic E-state index is 0.256. The highest BCUT2D eigenvalue weighted by Gasteiger charge is 2.11. The number of aromatic nitrogens is 2. The summed E-state index contributed by atoms with van der Waals surface area (Å²) in [5.74, 6) is 0.341. The van der Waals surface area contributed by atoms with Crippen LogP contribution < -0.4 is 5.32 Å². The molecule has 0 aliphatic rings. The Bertz CT molecular complexity index is 853. The quantitative estimate of drug-likeness (QED) is 0.772. The fraction of sp³-hybridized carbons (Fsp3) is 0.143. The first-order valence-electron chi connectivity index (χ1n) is 6.42. The molecule has 0 saturated heterocycles. The predicted octanol–water partition coefficient (Wildman–Crippen LogP) is 2.81. The number of anilines is 1. The molecule has 0 atom stereocenters. The van der Waals surface area contributed by atoms with Gasteiger partial charge in [-0.25, -0.2) is 8.42 Å². The van der Waals surface area contributed by atoms with Crippen molar-refractivity contribution in [1.29, 1.82) is 0 Å². The van der Waals surface area contributed by atoms with Crippen LogP contribution in [0.4, 0.5) is 6.01 Å². The number of hydrogen-bond donors (Lipinski definition) is 1. The van der Waals surface area contributed by atoms with Crippen LogP contribution in [0, 0.1) is 0 Å². The smallest absolute Gasteiger partial charge is 0.316 e. The van der Waals surface area contributed by atoms with Crippen molar-refractivity contribution in [2.24, 2.45) is 0 Å². The first kappa shape index (κ1) is 14.7. The van der Waals surface area contributed by atoms with Crippen LogP contribution in [0.5, 0.6) is 0 Å². The molecule has 3 aromatic rings. The summed E-state index contributed by atoms with van der Waals surface area (Å²) in [5, 5.41) is 12.9. The molecular weight excluding hydrogens is 322 g/mol. The Balaban J connectivity index is 1.73. The molecule has 22 heavy (non-hydrogen) atoms. The molecule has 1 N–H and O–H groups in total. The molecule has 0 amide bonds. The Kier molecular flexibility index (Phi) is 3.95. The van der Waals surface area contributed by atoms with Crippen LogP contribution >= 0.6 is 11.3 Å². The number of sulfone groups is 1. The monoisotopic (exact) mass is 335 g/mol. The number of thiophene rings is 1. The third-order valence-electron chi connectivity index (χ3n) is 2.95. The van der Waals surface area contributed by atoms with Crippen LogP contribution in [0.2, 0.25) is 0 Å². The summed E-state index contributed by atoms with van der Waals surface area (Å²) in [4.78, 5) is 1.42. The zero-order valence-corrected chi connectivity index (χ0v) is 13.3. The van der Waals surface area contributed by atoms with Gasteiger partial charge in [-0.1, -0.05) is 11.2 Å². The van der Waals surface area contributed by atoms with Gasteiger partial charge in [-0.3, -0.25) is 0 Å². The van der Waals surface area contributed by atoms with Crippen LogP contribution in [-0.2, 0) is 16.4 Å². The molecule has 8 heteroatoms.